The van der Waals surface area contributed by atoms with Crippen molar-refractivity contribution in [2.24, 2.45) is 17.3 Å². The van der Waals surface area contributed by atoms with Gasteiger partial charge in [0.15, 0.2) is 20.9 Å². The average molecular weight is 391 g/mol. The number of benzene rings is 1. The molecule has 1 aromatic carbocycles. The zero-order valence-electron chi connectivity index (χ0n) is 16.6. The molecule has 27 heavy (non-hydrogen) atoms. The number of methoxy groups -OCH3 is 1. The fourth-order valence-corrected chi connectivity index (χ4v) is 8.96. The molecule has 3 heterocycles. The lowest BCUT2D eigenvalue weighted by Crippen LogP contribution is -2.61. The van der Waals surface area contributed by atoms with Crippen LogP contribution in [0.25, 0.3) is 0 Å². The van der Waals surface area contributed by atoms with Gasteiger partial charge in [0.1, 0.15) is 6.10 Å². The van der Waals surface area contributed by atoms with E-state index in [4.69, 9.17) is 23.4 Å². The molecule has 0 radical (unpaired) electrons. The van der Waals surface area contributed by atoms with Crippen molar-refractivity contribution >= 4 is 8.32 Å². The van der Waals surface area contributed by atoms with Crippen molar-refractivity contribution in [3.05, 3.63) is 35.9 Å². The van der Waals surface area contributed by atoms with E-state index in [9.17, 15) is 0 Å². The Morgan fingerprint density at radius 1 is 1.11 bits per heavy atom. The van der Waals surface area contributed by atoms with E-state index < -0.39 is 8.32 Å². The lowest BCUT2D eigenvalue weighted by atomic mass is 9.69. The molecule has 148 valence electrons. The summed E-state index contributed by atoms with van der Waals surface area (Å²) in [6.45, 7) is 7.54. The maximum Gasteiger partial charge on any atom is 0.187 e. The summed E-state index contributed by atoms with van der Waals surface area (Å²) >= 11 is 0. The second kappa shape index (κ2) is 6.37. The Hall–Kier alpha value is -0.763. The summed E-state index contributed by atoms with van der Waals surface area (Å²) in [5.41, 5.74) is 1.04. The molecule has 0 amide bonds. The molecule has 0 aromatic heterocycles. The molecule has 8 atom stereocenters. The van der Waals surface area contributed by atoms with Crippen molar-refractivity contribution in [2.75, 3.05) is 13.7 Å². The van der Waals surface area contributed by atoms with Gasteiger partial charge in [-0.3, -0.25) is 0 Å². The predicted molar refractivity (Wildman–Crippen MR) is 103 cm³/mol. The van der Waals surface area contributed by atoms with E-state index >= 15 is 0 Å². The predicted octanol–water partition coefficient (Wildman–Crippen LogP) is 3.72. The van der Waals surface area contributed by atoms with Crippen molar-refractivity contribution in [2.45, 2.75) is 63.4 Å². The first-order valence-electron chi connectivity index (χ1n) is 10.1. The molecule has 2 unspecified atom stereocenters. The molecular formula is C21H30O5Si. The van der Waals surface area contributed by atoms with Gasteiger partial charge in [-0.2, -0.15) is 0 Å². The van der Waals surface area contributed by atoms with Gasteiger partial charge in [-0.1, -0.05) is 37.3 Å². The van der Waals surface area contributed by atoms with E-state index in [-0.39, 0.29) is 30.2 Å². The average Bonchev–Trinajstić information content (AvgIpc) is 3.09. The van der Waals surface area contributed by atoms with Crippen LogP contribution >= 0.6 is 0 Å². The van der Waals surface area contributed by atoms with Crippen LogP contribution in [0.2, 0.25) is 19.1 Å². The maximum absolute atomic E-state index is 6.56. The minimum atomic E-state index is -1.57. The highest BCUT2D eigenvalue weighted by Crippen LogP contribution is 2.62. The van der Waals surface area contributed by atoms with E-state index in [2.05, 4.69) is 32.2 Å². The second-order valence-corrected chi connectivity index (χ2v) is 13.6. The van der Waals surface area contributed by atoms with Crippen LogP contribution in [-0.4, -0.2) is 46.6 Å². The molecule has 0 spiro atoms. The molecular weight excluding hydrogens is 360 g/mol. The summed E-state index contributed by atoms with van der Waals surface area (Å²) in [5, 5.41) is 0. The minimum absolute atomic E-state index is 0.00756. The van der Waals surface area contributed by atoms with Gasteiger partial charge in [0, 0.05) is 30.1 Å². The molecule has 1 aromatic rings. The quantitative estimate of drug-likeness (QED) is 0.720. The van der Waals surface area contributed by atoms with Crippen LogP contribution in [0.1, 0.15) is 25.2 Å². The third kappa shape index (κ3) is 2.84. The topological polar surface area (TPSA) is 46.2 Å². The minimum Gasteiger partial charge on any atom is -0.414 e. The Bertz CT molecular complexity index is 697. The lowest BCUT2D eigenvalue weighted by Gasteiger charge is -2.54. The fourth-order valence-electron chi connectivity index (χ4n) is 6.14. The highest BCUT2D eigenvalue weighted by Gasteiger charge is 2.67. The molecule has 0 N–H and O–H groups in total. The van der Waals surface area contributed by atoms with Crippen LogP contribution in [0.4, 0.5) is 0 Å². The monoisotopic (exact) mass is 390 g/mol. The maximum atomic E-state index is 6.56. The summed E-state index contributed by atoms with van der Waals surface area (Å²) in [4.78, 5) is 0. The summed E-state index contributed by atoms with van der Waals surface area (Å²) < 4.78 is 31.3. The van der Waals surface area contributed by atoms with Crippen LogP contribution in [0.15, 0.2) is 30.3 Å². The SMILES string of the molecule is CO[C@H]1OC2CO[C@H](c3ccccc3)OC2[C@]2(C)C[C@H]3O[Si](C)(C)C[C@H]3[C@@H]12. The fraction of sp³-hybridized carbons (Fsp3) is 0.714. The molecule has 5 rings (SSSR count). The summed E-state index contributed by atoms with van der Waals surface area (Å²) in [6.07, 6.45) is 0.679. The van der Waals surface area contributed by atoms with Crippen molar-refractivity contribution < 1.29 is 23.4 Å². The molecule has 3 aliphatic heterocycles. The normalized spacial score (nSPS) is 47.9. The summed E-state index contributed by atoms with van der Waals surface area (Å²) in [6, 6.07) is 11.4. The van der Waals surface area contributed by atoms with E-state index in [0.717, 1.165) is 12.0 Å². The Morgan fingerprint density at radius 2 is 1.89 bits per heavy atom. The van der Waals surface area contributed by atoms with Gasteiger partial charge in [0.05, 0.1) is 12.7 Å². The largest absolute Gasteiger partial charge is 0.414 e. The van der Waals surface area contributed by atoms with Gasteiger partial charge in [0.2, 0.25) is 0 Å². The van der Waals surface area contributed by atoms with E-state index in [0.29, 0.717) is 24.5 Å². The Morgan fingerprint density at radius 3 is 2.63 bits per heavy atom. The van der Waals surface area contributed by atoms with Crippen LogP contribution in [0, 0.1) is 17.3 Å². The van der Waals surface area contributed by atoms with Crippen LogP contribution in [0.3, 0.4) is 0 Å². The first-order chi connectivity index (χ1) is 12.9. The number of hydrogen-bond donors (Lipinski definition) is 0. The molecule has 1 aliphatic carbocycles. The van der Waals surface area contributed by atoms with Gasteiger partial charge < -0.3 is 23.4 Å². The first kappa shape index (κ1) is 18.3. The summed E-state index contributed by atoms with van der Waals surface area (Å²) in [5.74, 6) is 0.807. The van der Waals surface area contributed by atoms with Crippen LogP contribution in [0.5, 0.6) is 0 Å². The highest BCUT2D eigenvalue weighted by atomic mass is 28.4. The van der Waals surface area contributed by atoms with Crippen molar-refractivity contribution in [1.29, 1.82) is 0 Å². The van der Waals surface area contributed by atoms with Gasteiger partial charge in [-0.15, -0.1) is 0 Å². The van der Waals surface area contributed by atoms with Gasteiger partial charge in [-0.05, 0) is 31.5 Å². The molecule has 5 nitrogen and oxygen atoms in total. The lowest BCUT2D eigenvalue weighted by molar-refractivity contribution is -0.359. The smallest absolute Gasteiger partial charge is 0.187 e. The first-order valence-corrected chi connectivity index (χ1v) is 13.2. The molecule has 1 saturated carbocycles. The number of ether oxygens (including phenoxy) is 4. The zero-order chi connectivity index (χ0) is 18.8. The standard InChI is InChI=1S/C21H30O5Si/c1-21-10-15-14(12-27(3,4)26-15)17(21)20(22-2)24-16-11-23-19(25-18(16)21)13-8-6-5-7-9-13/h5-9,14-20H,10-12H2,1-4H3/t14-,15-,16?,17+,18?,19+,20+,21-/m1/s1. The number of rotatable bonds is 2. The van der Waals surface area contributed by atoms with Gasteiger partial charge in [-0.25, -0.2) is 0 Å². The summed E-state index contributed by atoms with van der Waals surface area (Å²) in [7, 11) is 0.184. The highest BCUT2D eigenvalue weighted by molar-refractivity contribution is 6.71. The van der Waals surface area contributed by atoms with Crippen molar-refractivity contribution in [3.8, 4) is 0 Å². The number of hydrogen-bond acceptors (Lipinski definition) is 5. The van der Waals surface area contributed by atoms with Gasteiger partial charge in [0.25, 0.3) is 0 Å². The van der Waals surface area contributed by atoms with E-state index in [1.807, 2.05) is 18.2 Å². The zero-order valence-corrected chi connectivity index (χ0v) is 17.6. The molecule has 0 bridgehead atoms. The van der Waals surface area contributed by atoms with Crippen molar-refractivity contribution in [3.63, 3.8) is 0 Å². The number of fused-ring (bicyclic) bond motifs is 5. The molecule has 4 fully saturated rings. The van der Waals surface area contributed by atoms with E-state index in [1.54, 1.807) is 7.11 Å². The van der Waals surface area contributed by atoms with Crippen LogP contribution in [-0.2, 0) is 23.4 Å². The molecule has 4 aliphatic rings. The Kier molecular flexibility index (Phi) is 4.31. The Labute approximate surface area is 162 Å². The molecule has 6 heteroatoms. The van der Waals surface area contributed by atoms with E-state index in [1.165, 1.54) is 6.04 Å². The van der Waals surface area contributed by atoms with Crippen LogP contribution < -0.4 is 0 Å². The Balaban J connectivity index is 1.45. The van der Waals surface area contributed by atoms with Crippen molar-refractivity contribution in [1.82, 2.24) is 0 Å². The third-order valence-corrected chi connectivity index (χ3v) is 9.51. The third-order valence-electron chi connectivity index (χ3n) is 7.11. The molecule has 3 saturated heterocycles. The second-order valence-electron chi connectivity index (χ2n) is 9.43. The van der Waals surface area contributed by atoms with Gasteiger partial charge >= 0.3 is 0 Å².